The molecule has 0 aliphatic carbocycles. The number of carbonyl (C=O) groups is 1. The van der Waals surface area contributed by atoms with Crippen LogP contribution >= 0.6 is 22.6 Å². The molecule has 0 bridgehead atoms. The van der Waals surface area contributed by atoms with Gasteiger partial charge in [-0.1, -0.05) is 0 Å². The van der Waals surface area contributed by atoms with Gasteiger partial charge in [0.2, 0.25) is 5.88 Å². The van der Waals surface area contributed by atoms with E-state index < -0.39 is 42.3 Å². The number of ether oxygens (including phenoxy) is 1. The fourth-order valence-electron chi connectivity index (χ4n) is 1.16. The smallest absolute Gasteiger partial charge is 0.481 e. The molecule has 4 nitrogen and oxygen atoms in total. The number of nitrogens with zero attached hydrogens (tertiary/aromatic N) is 1. The molecule has 0 radical (unpaired) electrons. The number of hydrogen-bond donors (Lipinski definition) is 1. The van der Waals surface area contributed by atoms with Crippen LogP contribution in [0.4, 0.5) is 22.0 Å². The Morgan fingerprint density at radius 1 is 1.47 bits per heavy atom. The Labute approximate surface area is 116 Å². The molecule has 1 N–H and O–H groups in total. The number of hydrogen-bond acceptors (Lipinski definition) is 3. The minimum Gasteiger partial charge on any atom is -0.481 e. The van der Waals surface area contributed by atoms with Crippen LogP contribution in [-0.4, -0.2) is 22.4 Å². The van der Waals surface area contributed by atoms with Crippen molar-refractivity contribution in [3.05, 3.63) is 20.9 Å². The fraction of sp³-hybridized carbons (Fsp3) is 0.333. The van der Waals surface area contributed by atoms with E-state index in [2.05, 4.69) is 9.72 Å². The fourth-order valence-corrected chi connectivity index (χ4v) is 1.90. The van der Waals surface area contributed by atoms with E-state index in [1.807, 2.05) is 0 Å². The summed E-state index contributed by atoms with van der Waals surface area (Å²) in [6, 6.07) is 0.879. The largest absolute Gasteiger partial charge is 0.574 e. The van der Waals surface area contributed by atoms with E-state index >= 15 is 0 Å². The van der Waals surface area contributed by atoms with Gasteiger partial charge < -0.3 is 9.84 Å². The second kappa shape index (κ2) is 5.84. The number of halogens is 6. The first kappa shape index (κ1) is 15.9. The first-order chi connectivity index (χ1) is 8.60. The molecule has 0 atom stereocenters. The van der Waals surface area contributed by atoms with Crippen LogP contribution in [0.1, 0.15) is 17.7 Å². The molecule has 0 saturated heterocycles. The van der Waals surface area contributed by atoms with E-state index in [0.717, 1.165) is 6.07 Å². The number of aromatic nitrogens is 1. The van der Waals surface area contributed by atoms with Crippen molar-refractivity contribution in [2.45, 2.75) is 19.2 Å². The molecule has 0 fully saturated rings. The Bertz CT molecular complexity index is 491. The second-order valence-electron chi connectivity index (χ2n) is 3.24. The summed E-state index contributed by atoms with van der Waals surface area (Å²) in [5, 5.41) is 8.54. The summed E-state index contributed by atoms with van der Waals surface area (Å²) in [4.78, 5) is 13.5. The van der Waals surface area contributed by atoms with E-state index in [4.69, 9.17) is 5.11 Å². The number of carboxylic acids is 1. The van der Waals surface area contributed by atoms with Crippen molar-refractivity contribution in [1.29, 1.82) is 0 Å². The van der Waals surface area contributed by atoms with Gasteiger partial charge in [-0.25, -0.2) is 13.8 Å². The molecule has 0 spiro atoms. The molecule has 0 unspecified atom stereocenters. The maximum Gasteiger partial charge on any atom is 0.574 e. The van der Waals surface area contributed by atoms with Gasteiger partial charge in [0, 0.05) is 9.13 Å². The molecule has 1 rings (SSSR count). The third-order valence-electron chi connectivity index (χ3n) is 1.80. The Morgan fingerprint density at radius 2 is 2.05 bits per heavy atom. The molecule has 0 amide bonds. The number of aliphatic carboxylic acids is 1. The maximum absolute atomic E-state index is 12.5. The predicted octanol–water partition coefficient (Wildman–Crippen LogP) is 3.15. The van der Waals surface area contributed by atoms with Crippen LogP contribution < -0.4 is 4.74 Å². The summed E-state index contributed by atoms with van der Waals surface area (Å²) in [5.74, 6) is -2.61. The number of rotatable bonds is 4. The molecule has 0 saturated carbocycles. The summed E-state index contributed by atoms with van der Waals surface area (Å²) in [5.41, 5.74) is -1.33. The predicted molar refractivity (Wildman–Crippen MR) is 59.9 cm³/mol. The lowest BCUT2D eigenvalue weighted by atomic mass is 10.2. The summed E-state index contributed by atoms with van der Waals surface area (Å²) in [7, 11) is 0. The number of alkyl halides is 5. The Morgan fingerprint density at radius 3 is 2.47 bits per heavy atom. The SMILES string of the molecule is O=C(O)Cc1cc(I)c(C(F)F)nc1OC(F)(F)F. The van der Waals surface area contributed by atoms with E-state index in [-0.39, 0.29) is 3.57 Å². The Balaban J connectivity index is 3.28. The van der Waals surface area contributed by atoms with Gasteiger partial charge in [-0.05, 0) is 28.7 Å². The lowest BCUT2D eigenvalue weighted by Gasteiger charge is -2.13. The monoisotopic (exact) mass is 397 g/mol. The molecule has 1 aromatic rings. The minimum atomic E-state index is -5.15. The molecule has 10 heteroatoms. The van der Waals surface area contributed by atoms with Gasteiger partial charge in [0.05, 0.1) is 6.42 Å². The molecular formula is C9H5F5INO3. The molecule has 0 aliphatic heterocycles. The summed E-state index contributed by atoms with van der Waals surface area (Å²) >= 11 is 1.43. The van der Waals surface area contributed by atoms with Gasteiger partial charge in [0.25, 0.3) is 6.43 Å². The first-order valence-electron chi connectivity index (χ1n) is 4.55. The average Bonchev–Trinajstić information content (AvgIpc) is 2.18. The van der Waals surface area contributed by atoms with Crippen LogP contribution in [0.25, 0.3) is 0 Å². The van der Waals surface area contributed by atoms with Crippen LogP contribution in [0.5, 0.6) is 5.88 Å². The van der Waals surface area contributed by atoms with Crippen molar-refractivity contribution in [2.75, 3.05) is 0 Å². The Hall–Kier alpha value is -1.20. The summed E-state index contributed by atoms with van der Waals surface area (Å²) in [6.07, 6.45) is -9.06. The lowest BCUT2D eigenvalue weighted by molar-refractivity contribution is -0.276. The van der Waals surface area contributed by atoms with Crippen LogP contribution in [0.3, 0.4) is 0 Å². The highest BCUT2D eigenvalue weighted by Gasteiger charge is 2.34. The average molecular weight is 397 g/mol. The molecule has 19 heavy (non-hydrogen) atoms. The summed E-state index contributed by atoms with van der Waals surface area (Å²) in [6.45, 7) is 0. The molecular weight excluding hydrogens is 392 g/mol. The van der Waals surface area contributed by atoms with Gasteiger partial charge in [-0.3, -0.25) is 4.79 Å². The molecule has 1 heterocycles. The van der Waals surface area contributed by atoms with Gasteiger partial charge >= 0.3 is 12.3 Å². The zero-order valence-electron chi connectivity index (χ0n) is 8.84. The highest BCUT2D eigenvalue weighted by Crippen LogP contribution is 2.31. The zero-order valence-corrected chi connectivity index (χ0v) is 11.0. The topological polar surface area (TPSA) is 59.4 Å². The quantitative estimate of drug-likeness (QED) is 0.627. The van der Waals surface area contributed by atoms with Crippen LogP contribution in [-0.2, 0) is 11.2 Å². The normalized spacial score (nSPS) is 11.7. The molecule has 0 aromatic carbocycles. The van der Waals surface area contributed by atoms with E-state index in [1.165, 1.54) is 22.6 Å². The van der Waals surface area contributed by atoms with E-state index in [1.54, 1.807) is 0 Å². The number of pyridine rings is 1. The van der Waals surface area contributed by atoms with Gasteiger partial charge in [-0.2, -0.15) is 0 Å². The van der Waals surface area contributed by atoms with Gasteiger partial charge in [0.15, 0.2) is 0 Å². The van der Waals surface area contributed by atoms with Crippen molar-refractivity contribution >= 4 is 28.6 Å². The molecule has 0 aliphatic rings. The minimum absolute atomic E-state index is 0.140. The third-order valence-corrected chi connectivity index (χ3v) is 2.67. The standard InChI is InChI=1S/C9H5F5INO3/c10-7(11)6-4(15)1-3(2-5(17)18)8(16-6)19-9(12,13)14/h1,7H,2H2,(H,17,18). The van der Waals surface area contributed by atoms with Crippen LogP contribution in [0, 0.1) is 3.57 Å². The Kier molecular flexibility index (Phi) is 4.87. The third kappa shape index (κ3) is 4.76. The first-order valence-corrected chi connectivity index (χ1v) is 5.63. The number of carboxylic acid groups (broad SMARTS) is 1. The highest BCUT2D eigenvalue weighted by molar-refractivity contribution is 14.1. The van der Waals surface area contributed by atoms with Gasteiger partial charge in [0.1, 0.15) is 5.69 Å². The maximum atomic E-state index is 12.5. The highest BCUT2D eigenvalue weighted by atomic mass is 127. The van der Waals surface area contributed by atoms with Crippen molar-refractivity contribution in [1.82, 2.24) is 4.98 Å². The van der Waals surface area contributed by atoms with Crippen molar-refractivity contribution in [3.8, 4) is 5.88 Å². The van der Waals surface area contributed by atoms with E-state index in [9.17, 15) is 26.7 Å². The second-order valence-corrected chi connectivity index (χ2v) is 4.40. The van der Waals surface area contributed by atoms with Gasteiger partial charge in [-0.15, -0.1) is 13.2 Å². The van der Waals surface area contributed by atoms with Crippen molar-refractivity contribution < 1.29 is 36.6 Å². The van der Waals surface area contributed by atoms with Crippen LogP contribution in [0.15, 0.2) is 6.07 Å². The lowest BCUT2D eigenvalue weighted by Crippen LogP contribution is -2.20. The molecule has 1 aromatic heterocycles. The molecule has 106 valence electrons. The van der Waals surface area contributed by atoms with Crippen molar-refractivity contribution in [3.63, 3.8) is 0 Å². The van der Waals surface area contributed by atoms with Crippen molar-refractivity contribution in [2.24, 2.45) is 0 Å². The summed E-state index contributed by atoms with van der Waals surface area (Å²) < 4.78 is 64.6. The van der Waals surface area contributed by atoms with Crippen LogP contribution in [0.2, 0.25) is 0 Å². The zero-order chi connectivity index (χ0) is 14.8. The van der Waals surface area contributed by atoms with E-state index in [0.29, 0.717) is 0 Å².